The van der Waals surface area contributed by atoms with Crippen LogP contribution in [0.5, 0.6) is 0 Å². The van der Waals surface area contributed by atoms with E-state index >= 15 is 0 Å². The lowest BCUT2D eigenvalue weighted by molar-refractivity contribution is -0.150. The number of esters is 1. The molecular formula is C16H22N2O3. The summed E-state index contributed by atoms with van der Waals surface area (Å²) in [4.78, 5) is 26.6. The highest BCUT2D eigenvalue weighted by atomic mass is 16.5. The second kappa shape index (κ2) is 6.72. The van der Waals surface area contributed by atoms with Crippen LogP contribution in [0.1, 0.15) is 33.0 Å². The Balaban J connectivity index is 2.81. The van der Waals surface area contributed by atoms with E-state index in [1.165, 1.54) is 7.11 Å². The van der Waals surface area contributed by atoms with E-state index in [4.69, 9.17) is 11.6 Å². The number of nitrogens with one attached hydrogen (secondary N) is 1. The van der Waals surface area contributed by atoms with Crippen molar-refractivity contribution in [3.05, 3.63) is 30.2 Å². The summed E-state index contributed by atoms with van der Waals surface area (Å²) in [5.41, 5.74) is -1.70. The number of carbonyl (C=O) groups excluding carboxylic acids is 2. The van der Waals surface area contributed by atoms with Gasteiger partial charge in [0.15, 0.2) is 0 Å². The van der Waals surface area contributed by atoms with Crippen LogP contribution < -0.4 is 10.2 Å². The van der Waals surface area contributed by atoms with Gasteiger partial charge in [0.05, 0.1) is 14.0 Å². The minimum absolute atomic E-state index is 0.00828. The summed E-state index contributed by atoms with van der Waals surface area (Å²) in [5.74, 6) is -1.16. The molecule has 0 atom stereocenters. The number of piperidine rings is 1. The molecule has 1 aliphatic rings. The number of hydrogen-bond donors (Lipinski definition) is 1. The van der Waals surface area contributed by atoms with Crippen LogP contribution in [0.15, 0.2) is 30.2 Å². The van der Waals surface area contributed by atoms with Crippen molar-refractivity contribution in [2.45, 2.75) is 31.7 Å². The van der Waals surface area contributed by atoms with Gasteiger partial charge in [0.1, 0.15) is 5.54 Å². The summed E-state index contributed by atoms with van der Waals surface area (Å²) in [6.07, 6.45) is 0.440. The van der Waals surface area contributed by atoms with Crippen LogP contribution in [0, 0.1) is 0 Å². The maximum atomic E-state index is 12.8. The lowest BCUT2D eigenvalue weighted by Gasteiger charge is -2.44. The maximum absolute atomic E-state index is 12.8. The highest BCUT2D eigenvalue weighted by molar-refractivity contribution is 6.02. The van der Waals surface area contributed by atoms with Crippen molar-refractivity contribution in [1.29, 1.82) is 0 Å². The number of para-hydroxylation sites is 1. The van der Waals surface area contributed by atoms with Crippen molar-refractivity contribution >= 4 is 17.6 Å². The average Bonchev–Trinajstić information content (AvgIpc) is 2.67. The first-order valence-corrected chi connectivity index (χ1v) is 6.92. The zero-order valence-electron chi connectivity index (χ0n) is 17.2. The van der Waals surface area contributed by atoms with Crippen molar-refractivity contribution in [3.63, 3.8) is 0 Å². The number of benzene rings is 1. The SMILES string of the molecule is [2H]c1c([2H])c([2H])c(N(C(=O)CC)C2(C(=O)OC)CCNCC2)c([2H])c1[2H]. The Hall–Kier alpha value is -1.88. The molecule has 1 N–H and O–H groups in total. The summed E-state index contributed by atoms with van der Waals surface area (Å²) in [7, 11) is 1.21. The van der Waals surface area contributed by atoms with Crippen molar-refractivity contribution in [1.82, 2.24) is 5.32 Å². The van der Waals surface area contributed by atoms with Gasteiger partial charge in [-0.05, 0) is 38.0 Å². The third kappa shape index (κ3) is 2.93. The molecule has 1 fully saturated rings. The zero-order chi connectivity index (χ0) is 19.6. The maximum Gasteiger partial charge on any atom is 0.332 e. The minimum Gasteiger partial charge on any atom is -0.467 e. The minimum atomic E-state index is -1.42. The molecule has 0 spiro atoms. The van der Waals surface area contributed by atoms with Crippen LogP contribution in [0.3, 0.4) is 0 Å². The van der Waals surface area contributed by atoms with E-state index in [0.717, 1.165) is 4.90 Å². The number of methoxy groups -OCH3 is 1. The largest absolute Gasteiger partial charge is 0.467 e. The number of ether oxygens (including phenoxy) is 1. The molecule has 0 radical (unpaired) electrons. The number of amides is 1. The fourth-order valence-corrected chi connectivity index (χ4v) is 2.64. The lowest BCUT2D eigenvalue weighted by Crippen LogP contribution is -2.62. The molecular weight excluding hydrogens is 268 g/mol. The van der Waals surface area contributed by atoms with Gasteiger partial charge in [0.25, 0.3) is 0 Å². The molecule has 114 valence electrons. The molecule has 2 rings (SSSR count). The van der Waals surface area contributed by atoms with Crippen LogP contribution in [-0.2, 0) is 14.3 Å². The first kappa shape index (κ1) is 9.95. The third-order valence-corrected chi connectivity index (χ3v) is 3.69. The van der Waals surface area contributed by atoms with Gasteiger partial charge in [-0.15, -0.1) is 0 Å². The van der Waals surface area contributed by atoms with Gasteiger partial charge in [-0.2, -0.15) is 0 Å². The molecule has 1 aromatic rings. The monoisotopic (exact) mass is 295 g/mol. The van der Waals surface area contributed by atoms with Crippen LogP contribution >= 0.6 is 0 Å². The first-order valence-electron chi connectivity index (χ1n) is 9.42. The van der Waals surface area contributed by atoms with Crippen molar-refractivity contribution in [2.75, 3.05) is 25.1 Å². The summed E-state index contributed by atoms with van der Waals surface area (Å²) in [6.45, 7) is 2.46. The summed E-state index contributed by atoms with van der Waals surface area (Å²) >= 11 is 0. The Bertz CT molecular complexity index is 706. The van der Waals surface area contributed by atoms with E-state index in [-0.39, 0.29) is 24.9 Å². The molecule has 1 aromatic carbocycles. The van der Waals surface area contributed by atoms with E-state index < -0.39 is 47.6 Å². The molecule has 5 nitrogen and oxygen atoms in total. The highest BCUT2D eigenvalue weighted by Gasteiger charge is 2.48. The van der Waals surface area contributed by atoms with Crippen molar-refractivity contribution < 1.29 is 21.2 Å². The molecule has 1 saturated heterocycles. The molecule has 1 aliphatic heterocycles. The fraction of sp³-hybridized carbons (Fsp3) is 0.500. The number of hydrogen-bond acceptors (Lipinski definition) is 4. The number of nitrogens with zero attached hydrogens (tertiary/aromatic N) is 1. The molecule has 0 aromatic heterocycles. The average molecular weight is 295 g/mol. The van der Waals surface area contributed by atoms with Gasteiger partial charge < -0.3 is 10.1 Å². The van der Waals surface area contributed by atoms with E-state index in [9.17, 15) is 9.59 Å². The number of carbonyl (C=O) groups is 2. The second-order valence-electron chi connectivity index (χ2n) is 4.83. The van der Waals surface area contributed by atoms with Crippen LogP contribution in [0.2, 0.25) is 0 Å². The van der Waals surface area contributed by atoms with Gasteiger partial charge in [-0.1, -0.05) is 25.1 Å². The van der Waals surface area contributed by atoms with Gasteiger partial charge in [-0.25, -0.2) is 4.79 Å². The molecule has 5 heteroatoms. The Morgan fingerprint density at radius 3 is 2.48 bits per heavy atom. The second-order valence-corrected chi connectivity index (χ2v) is 4.83. The predicted octanol–water partition coefficient (Wildman–Crippen LogP) is 1.72. The molecule has 0 aliphatic carbocycles. The van der Waals surface area contributed by atoms with Crippen LogP contribution in [0.4, 0.5) is 5.69 Å². The van der Waals surface area contributed by atoms with Gasteiger partial charge in [0, 0.05) is 12.1 Å². The third-order valence-electron chi connectivity index (χ3n) is 3.69. The van der Waals surface area contributed by atoms with E-state index in [1.54, 1.807) is 6.92 Å². The smallest absolute Gasteiger partial charge is 0.332 e. The number of rotatable bonds is 4. The standard InChI is InChI=1S/C16H22N2O3/c1-3-14(19)18(13-7-5-4-6-8-13)16(15(20)21-2)9-11-17-12-10-16/h4-8,17H,3,9-12H2,1-2H3/i4D,5D,6D,7D,8D. The van der Waals surface area contributed by atoms with Crippen LogP contribution in [-0.4, -0.2) is 37.6 Å². The molecule has 0 saturated carbocycles. The highest BCUT2D eigenvalue weighted by Crippen LogP contribution is 2.33. The summed E-state index contributed by atoms with van der Waals surface area (Å²) in [6, 6.07) is -2.68. The van der Waals surface area contributed by atoms with Crippen LogP contribution in [0.25, 0.3) is 0 Å². The number of anilines is 1. The predicted molar refractivity (Wildman–Crippen MR) is 81.1 cm³/mol. The molecule has 0 bridgehead atoms. The lowest BCUT2D eigenvalue weighted by atomic mass is 9.85. The zero-order valence-corrected chi connectivity index (χ0v) is 12.2. The molecule has 1 amide bonds. The Labute approximate surface area is 132 Å². The Morgan fingerprint density at radius 1 is 1.33 bits per heavy atom. The quantitative estimate of drug-likeness (QED) is 0.859. The van der Waals surface area contributed by atoms with Crippen molar-refractivity contribution in [2.24, 2.45) is 0 Å². The van der Waals surface area contributed by atoms with Crippen molar-refractivity contribution in [3.8, 4) is 0 Å². The normalized spacial score (nSPS) is 20.4. The molecule has 1 heterocycles. The van der Waals surface area contributed by atoms with Gasteiger partial charge in [0.2, 0.25) is 5.91 Å². The molecule has 0 unspecified atom stereocenters. The Morgan fingerprint density at radius 2 is 1.95 bits per heavy atom. The van der Waals surface area contributed by atoms with Gasteiger partial charge in [-0.3, -0.25) is 9.69 Å². The van der Waals surface area contributed by atoms with E-state index in [1.807, 2.05) is 0 Å². The van der Waals surface area contributed by atoms with E-state index in [2.05, 4.69) is 5.32 Å². The Kier molecular flexibility index (Phi) is 3.18. The topological polar surface area (TPSA) is 58.6 Å². The summed E-state index contributed by atoms with van der Waals surface area (Å²) < 4.78 is 44.9. The summed E-state index contributed by atoms with van der Waals surface area (Å²) in [5, 5.41) is 3.10. The molecule has 21 heavy (non-hydrogen) atoms. The van der Waals surface area contributed by atoms with Gasteiger partial charge >= 0.3 is 5.97 Å². The fourth-order valence-electron chi connectivity index (χ4n) is 2.64. The first-order chi connectivity index (χ1) is 12.2. The van der Waals surface area contributed by atoms with E-state index in [0.29, 0.717) is 13.1 Å².